The van der Waals surface area contributed by atoms with Crippen molar-refractivity contribution in [2.45, 2.75) is 6.18 Å². The number of aromatic nitrogens is 4. The van der Waals surface area contributed by atoms with Crippen LogP contribution < -0.4 is 10.7 Å². The van der Waals surface area contributed by atoms with Gasteiger partial charge in [-0.05, 0) is 42.0 Å². The molecule has 2 heterocycles. The van der Waals surface area contributed by atoms with Crippen LogP contribution in [0.2, 0.25) is 10.2 Å². The molecule has 4 rings (SSSR count). The lowest BCUT2D eigenvalue weighted by molar-refractivity contribution is -0.137. The van der Waals surface area contributed by atoms with Gasteiger partial charge in [0.25, 0.3) is 0 Å². The molecule has 2 aromatic heterocycles. The highest BCUT2D eigenvalue weighted by Gasteiger charge is 2.29. The Morgan fingerprint density at radius 3 is 2.29 bits per heavy atom. The van der Waals surface area contributed by atoms with Crippen molar-refractivity contribution in [1.82, 2.24) is 19.9 Å². The van der Waals surface area contributed by atoms with Gasteiger partial charge < -0.3 is 5.32 Å². The van der Waals surface area contributed by atoms with Gasteiger partial charge in [-0.15, -0.1) is 0 Å². The molecule has 178 valence electrons. The number of hydrogen-bond donors (Lipinski definition) is 2. The minimum absolute atomic E-state index is 0.0191. The van der Waals surface area contributed by atoms with Crippen LogP contribution >= 0.6 is 23.2 Å². The van der Waals surface area contributed by atoms with Crippen LogP contribution in [0.3, 0.4) is 0 Å². The predicted octanol–water partition coefficient (Wildman–Crippen LogP) is 6.59. The molecule has 0 radical (unpaired) electrons. The van der Waals surface area contributed by atoms with Crippen LogP contribution in [0.5, 0.6) is 0 Å². The van der Waals surface area contributed by atoms with Crippen molar-refractivity contribution in [3.63, 3.8) is 0 Å². The van der Waals surface area contributed by atoms with Gasteiger partial charge >= 0.3 is 6.18 Å². The van der Waals surface area contributed by atoms with E-state index in [1.54, 1.807) is 12.1 Å². The van der Waals surface area contributed by atoms with Gasteiger partial charge in [0.1, 0.15) is 11.0 Å². The fourth-order valence-corrected chi connectivity index (χ4v) is 3.17. The van der Waals surface area contributed by atoms with Crippen molar-refractivity contribution in [3.8, 4) is 11.4 Å². The summed E-state index contributed by atoms with van der Waals surface area (Å²) in [5.74, 6) is -0.797. The maximum atomic E-state index is 14.5. The number of hydrazone groups is 1. The van der Waals surface area contributed by atoms with Gasteiger partial charge in [0, 0.05) is 0 Å². The van der Waals surface area contributed by atoms with Gasteiger partial charge in [0.2, 0.25) is 11.9 Å². The Bertz CT molecular complexity index is 1340. The van der Waals surface area contributed by atoms with E-state index in [4.69, 9.17) is 23.2 Å². The molecule has 0 saturated heterocycles. The van der Waals surface area contributed by atoms with E-state index in [1.807, 2.05) is 0 Å². The van der Waals surface area contributed by atoms with E-state index in [0.29, 0.717) is 11.3 Å². The lowest BCUT2D eigenvalue weighted by Crippen LogP contribution is -2.06. The molecule has 4 aromatic rings. The van der Waals surface area contributed by atoms with E-state index < -0.39 is 17.6 Å². The lowest BCUT2D eigenvalue weighted by Gasteiger charge is -2.10. The van der Waals surface area contributed by atoms with E-state index in [1.165, 1.54) is 42.7 Å². The summed E-state index contributed by atoms with van der Waals surface area (Å²) in [6.07, 6.45) is -1.72. The van der Waals surface area contributed by atoms with Gasteiger partial charge in [0.15, 0.2) is 5.82 Å². The van der Waals surface area contributed by atoms with Gasteiger partial charge in [-0.25, -0.2) is 14.8 Å². The van der Waals surface area contributed by atoms with Crippen LogP contribution in [-0.4, -0.2) is 26.2 Å². The first-order chi connectivity index (χ1) is 16.7. The second kappa shape index (κ2) is 10.2. The zero-order valence-corrected chi connectivity index (χ0v) is 18.9. The molecule has 35 heavy (non-hydrogen) atoms. The van der Waals surface area contributed by atoms with Crippen LogP contribution in [0.4, 0.5) is 35.1 Å². The molecule has 0 atom stereocenters. The maximum Gasteiger partial charge on any atom is 0.416 e. The van der Waals surface area contributed by atoms with Crippen molar-refractivity contribution in [1.29, 1.82) is 0 Å². The third kappa shape index (κ3) is 6.19. The molecule has 0 bridgehead atoms. The predicted molar refractivity (Wildman–Crippen MR) is 125 cm³/mol. The molecule has 0 fully saturated rings. The average molecular weight is 522 g/mol. The lowest BCUT2D eigenvalue weighted by atomic mass is 10.1. The van der Waals surface area contributed by atoms with Crippen molar-refractivity contribution in [2.75, 3.05) is 10.7 Å². The first-order valence-electron chi connectivity index (χ1n) is 9.74. The SMILES string of the molecule is Fc1cccc(Cl)c1-c1nc(N/N=C/c2ccc(C(F)(F)F)cc2)nc(Nc2ccc(Cl)nc2)n1. The fraction of sp³-hybridized carbons (Fsp3) is 0.0455. The molecule has 0 aliphatic heterocycles. The number of hydrogen-bond acceptors (Lipinski definition) is 7. The second-order valence-electron chi connectivity index (χ2n) is 6.89. The fourth-order valence-electron chi connectivity index (χ4n) is 2.81. The molecule has 0 unspecified atom stereocenters. The monoisotopic (exact) mass is 521 g/mol. The zero-order chi connectivity index (χ0) is 25.0. The van der Waals surface area contributed by atoms with Crippen molar-refractivity contribution in [3.05, 3.63) is 87.9 Å². The van der Waals surface area contributed by atoms with Crippen LogP contribution in [0.1, 0.15) is 11.1 Å². The van der Waals surface area contributed by atoms with Crippen molar-refractivity contribution in [2.24, 2.45) is 5.10 Å². The van der Waals surface area contributed by atoms with Gasteiger partial charge in [-0.2, -0.15) is 33.2 Å². The Labute approximate surface area is 205 Å². The summed E-state index contributed by atoms with van der Waals surface area (Å²) in [5.41, 5.74) is 2.62. The summed E-state index contributed by atoms with van der Waals surface area (Å²) >= 11 is 12.0. The Hall–Kier alpha value is -3.83. The third-order valence-corrected chi connectivity index (χ3v) is 4.96. The third-order valence-electron chi connectivity index (χ3n) is 4.42. The second-order valence-corrected chi connectivity index (χ2v) is 7.68. The first kappa shape index (κ1) is 24.3. The topological polar surface area (TPSA) is 88.0 Å². The van der Waals surface area contributed by atoms with Crippen molar-refractivity contribution < 1.29 is 17.6 Å². The minimum Gasteiger partial charge on any atom is -0.323 e. The summed E-state index contributed by atoms with van der Waals surface area (Å²) in [6, 6.07) is 11.7. The van der Waals surface area contributed by atoms with Crippen LogP contribution in [0.25, 0.3) is 11.4 Å². The molecule has 2 N–H and O–H groups in total. The smallest absolute Gasteiger partial charge is 0.323 e. The molecular weight excluding hydrogens is 509 g/mol. The van der Waals surface area contributed by atoms with Crippen LogP contribution in [-0.2, 0) is 6.18 Å². The Morgan fingerprint density at radius 2 is 1.63 bits per heavy atom. The highest BCUT2D eigenvalue weighted by atomic mass is 35.5. The van der Waals surface area contributed by atoms with E-state index in [9.17, 15) is 17.6 Å². The first-order valence-corrected chi connectivity index (χ1v) is 10.5. The molecule has 0 spiro atoms. The van der Waals surface area contributed by atoms with Crippen LogP contribution in [0, 0.1) is 5.82 Å². The largest absolute Gasteiger partial charge is 0.416 e. The average Bonchev–Trinajstić information content (AvgIpc) is 2.80. The number of halogens is 6. The Morgan fingerprint density at radius 1 is 0.886 bits per heavy atom. The van der Waals surface area contributed by atoms with Gasteiger partial charge in [-0.1, -0.05) is 41.4 Å². The van der Waals surface area contributed by atoms with E-state index in [0.717, 1.165) is 12.1 Å². The van der Waals surface area contributed by atoms with Crippen LogP contribution in [0.15, 0.2) is 65.9 Å². The van der Waals surface area contributed by atoms with Gasteiger partial charge in [0.05, 0.1) is 34.2 Å². The Kier molecular flexibility index (Phi) is 7.08. The zero-order valence-electron chi connectivity index (χ0n) is 17.4. The number of nitrogens with zero attached hydrogens (tertiary/aromatic N) is 5. The highest BCUT2D eigenvalue weighted by molar-refractivity contribution is 6.33. The number of alkyl halides is 3. The number of anilines is 3. The Balaban J connectivity index is 1.63. The maximum absolute atomic E-state index is 14.5. The highest BCUT2D eigenvalue weighted by Crippen LogP contribution is 2.30. The number of pyridine rings is 1. The summed E-state index contributed by atoms with van der Waals surface area (Å²) in [4.78, 5) is 16.5. The quantitative estimate of drug-likeness (QED) is 0.129. The molecule has 2 aromatic carbocycles. The van der Waals surface area contributed by atoms with E-state index in [2.05, 4.69) is 35.8 Å². The number of rotatable bonds is 6. The molecule has 0 aliphatic carbocycles. The molecule has 7 nitrogen and oxygen atoms in total. The van der Waals surface area contributed by atoms with Crippen molar-refractivity contribution >= 4 is 47.0 Å². The molecule has 0 aliphatic rings. The summed E-state index contributed by atoms with van der Waals surface area (Å²) in [7, 11) is 0. The van der Waals surface area contributed by atoms with Gasteiger partial charge in [-0.3, -0.25) is 0 Å². The summed E-state index contributed by atoms with van der Waals surface area (Å²) in [6.45, 7) is 0. The standard InChI is InChI=1S/C22H13Cl2F4N7/c23-15-2-1-3-16(25)18(15)19-32-20(31-14-8-9-17(24)29-11-14)34-21(33-19)35-30-10-12-4-6-13(7-5-12)22(26,27)28/h1-11H,(H2,31,32,33,34,35)/b30-10+. The summed E-state index contributed by atoms with van der Waals surface area (Å²) < 4.78 is 52.7. The normalized spacial score (nSPS) is 11.6. The molecule has 0 amide bonds. The minimum atomic E-state index is -4.44. The van der Waals surface area contributed by atoms with E-state index >= 15 is 0 Å². The number of benzene rings is 2. The van der Waals surface area contributed by atoms with E-state index in [-0.39, 0.29) is 33.5 Å². The number of nitrogens with one attached hydrogen (secondary N) is 2. The molecular formula is C22H13Cl2F4N7. The molecule has 0 saturated carbocycles. The summed E-state index contributed by atoms with van der Waals surface area (Å²) in [5, 5.41) is 7.21. The molecule has 13 heteroatoms.